The number of hydrogen-bond donors (Lipinski definition) is 1. The van der Waals surface area contributed by atoms with Crippen LogP contribution in [0.4, 0.5) is 5.82 Å². The van der Waals surface area contributed by atoms with Crippen LogP contribution in [0.1, 0.15) is 52.0 Å². The molecule has 0 atom stereocenters. The molecule has 0 radical (unpaired) electrons. The molecule has 198 valence electrons. The second-order valence-corrected chi connectivity index (χ2v) is 11.7. The van der Waals surface area contributed by atoms with E-state index in [-0.39, 0.29) is 6.16 Å². The molecule has 3 heterocycles. The third-order valence-corrected chi connectivity index (χ3v) is 8.58. The third kappa shape index (κ3) is 7.62. The molecule has 2 N–H and O–H groups in total. The quantitative estimate of drug-likeness (QED) is 0.379. The smallest absolute Gasteiger partial charge is 0.335 e. The number of aromatic nitrogens is 3. The zero-order chi connectivity index (χ0) is 26.1. The van der Waals surface area contributed by atoms with Gasteiger partial charge in [-0.1, -0.05) is 50.5 Å². The molecule has 5 rings (SSSR count). The molecular formula is C27H42N5O3P. The molecule has 1 aliphatic heterocycles. The number of nitrogens with zero attached hydrogens (tertiary/aromatic N) is 4. The molecule has 0 spiro atoms. The summed E-state index contributed by atoms with van der Waals surface area (Å²) in [4.78, 5) is 10.7. The highest BCUT2D eigenvalue weighted by atomic mass is 31.2. The van der Waals surface area contributed by atoms with Gasteiger partial charge in [0.25, 0.3) is 0 Å². The molecule has 8 nitrogen and oxygen atoms in total. The van der Waals surface area contributed by atoms with E-state index < -0.39 is 7.60 Å². The molecule has 9 heteroatoms. The van der Waals surface area contributed by atoms with E-state index in [1.165, 1.54) is 45.1 Å². The number of aryl methyl sites for hydroxylation is 1. The van der Waals surface area contributed by atoms with Crippen LogP contribution >= 0.6 is 7.60 Å². The van der Waals surface area contributed by atoms with Crippen molar-refractivity contribution >= 4 is 24.4 Å². The minimum atomic E-state index is -3.16. The van der Waals surface area contributed by atoms with E-state index in [9.17, 15) is 4.57 Å². The van der Waals surface area contributed by atoms with Gasteiger partial charge in [-0.25, -0.2) is 9.97 Å². The van der Waals surface area contributed by atoms with Crippen molar-refractivity contribution in [3.05, 3.63) is 42.4 Å². The Morgan fingerprint density at radius 2 is 1.72 bits per heavy atom. The molecule has 1 aromatic carbocycles. The van der Waals surface area contributed by atoms with Crippen LogP contribution in [0.3, 0.4) is 0 Å². The fourth-order valence-electron chi connectivity index (χ4n) is 4.12. The number of rotatable bonds is 7. The topological polar surface area (TPSA) is 95.5 Å². The molecule has 2 fully saturated rings. The average molecular weight is 516 g/mol. The molecule has 1 aliphatic carbocycles. The average Bonchev–Trinajstić information content (AvgIpc) is 3.15. The standard InChI is InChI=1S/C18H23N4O3P.C5H10.C4H9N/c1-4-24-26(23,25-5-2)11-13-7-6-8-14(9-13)15-10-22(3)18-16(15)17(19)20-12-21-18;2*1-5-3-2-4-5/h6-10,12H,4-5,11H2,1-3H3,(H2,19,20,21);5H,2-4H2,1H3;2-4H2,1H3. The highest BCUT2D eigenvalue weighted by molar-refractivity contribution is 7.53. The maximum absolute atomic E-state index is 12.8. The van der Waals surface area contributed by atoms with Crippen LogP contribution in [0.25, 0.3) is 22.2 Å². The third-order valence-electron chi connectivity index (χ3n) is 6.52. The Hall–Kier alpha value is -2.25. The van der Waals surface area contributed by atoms with Crippen molar-refractivity contribution in [1.29, 1.82) is 0 Å². The van der Waals surface area contributed by atoms with Crippen LogP contribution in [0.5, 0.6) is 0 Å². The summed E-state index contributed by atoms with van der Waals surface area (Å²) < 4.78 is 25.5. The molecule has 2 aliphatic rings. The first kappa shape index (κ1) is 28.3. The predicted octanol–water partition coefficient (Wildman–Crippen LogP) is 6.11. The van der Waals surface area contributed by atoms with Gasteiger partial charge in [0.2, 0.25) is 0 Å². The van der Waals surface area contributed by atoms with Crippen molar-refractivity contribution in [3.8, 4) is 11.1 Å². The number of fused-ring (bicyclic) bond motifs is 1. The van der Waals surface area contributed by atoms with E-state index in [1.54, 1.807) is 13.8 Å². The summed E-state index contributed by atoms with van der Waals surface area (Å²) in [6.07, 6.45) is 9.52. The zero-order valence-corrected chi connectivity index (χ0v) is 23.3. The number of hydrogen-bond acceptors (Lipinski definition) is 7. The molecule has 1 saturated carbocycles. The van der Waals surface area contributed by atoms with E-state index in [0.29, 0.717) is 19.0 Å². The number of nitrogen functional groups attached to an aromatic ring is 1. The maximum Gasteiger partial charge on any atom is 0.335 e. The largest absolute Gasteiger partial charge is 0.383 e. The fraction of sp³-hybridized carbons (Fsp3) is 0.556. The van der Waals surface area contributed by atoms with Gasteiger partial charge in [0.15, 0.2) is 0 Å². The van der Waals surface area contributed by atoms with E-state index in [2.05, 4.69) is 28.8 Å². The molecule has 36 heavy (non-hydrogen) atoms. The lowest BCUT2D eigenvalue weighted by Crippen LogP contribution is -2.32. The number of anilines is 1. The second-order valence-electron chi connectivity index (χ2n) is 9.61. The Bertz CT molecular complexity index is 1140. The first-order valence-electron chi connectivity index (χ1n) is 13.0. The van der Waals surface area contributed by atoms with Gasteiger partial charge in [0.05, 0.1) is 24.8 Å². The summed E-state index contributed by atoms with van der Waals surface area (Å²) in [5.41, 5.74) is 9.61. The highest BCUT2D eigenvalue weighted by Gasteiger charge is 2.24. The van der Waals surface area contributed by atoms with E-state index in [1.807, 2.05) is 42.1 Å². The summed E-state index contributed by atoms with van der Waals surface area (Å²) in [7, 11) is 0.900. The van der Waals surface area contributed by atoms with Gasteiger partial charge in [-0.3, -0.25) is 4.57 Å². The Morgan fingerprint density at radius 1 is 1.08 bits per heavy atom. The zero-order valence-electron chi connectivity index (χ0n) is 22.4. The van der Waals surface area contributed by atoms with Gasteiger partial charge in [0, 0.05) is 18.8 Å². The van der Waals surface area contributed by atoms with Crippen LogP contribution < -0.4 is 5.73 Å². The van der Waals surface area contributed by atoms with Crippen molar-refractivity contribution in [2.75, 3.05) is 39.1 Å². The van der Waals surface area contributed by atoms with Crippen LogP contribution in [0.2, 0.25) is 0 Å². The van der Waals surface area contributed by atoms with Crippen molar-refractivity contribution in [2.24, 2.45) is 13.0 Å². The van der Waals surface area contributed by atoms with Gasteiger partial charge < -0.3 is 24.2 Å². The van der Waals surface area contributed by atoms with Crippen LogP contribution in [-0.4, -0.2) is 52.8 Å². The van der Waals surface area contributed by atoms with E-state index in [4.69, 9.17) is 14.8 Å². The lowest BCUT2D eigenvalue weighted by Gasteiger charge is -2.24. The van der Waals surface area contributed by atoms with Crippen molar-refractivity contribution < 1.29 is 13.6 Å². The van der Waals surface area contributed by atoms with Gasteiger partial charge in [-0.05, 0) is 57.5 Å². The second kappa shape index (κ2) is 13.3. The summed E-state index contributed by atoms with van der Waals surface area (Å²) in [6.45, 7) is 9.24. The summed E-state index contributed by atoms with van der Waals surface area (Å²) in [6, 6.07) is 7.80. The lowest BCUT2D eigenvalue weighted by atomic mass is 9.88. The number of likely N-dealkylation sites (tertiary alicyclic amines) is 1. The monoisotopic (exact) mass is 515 g/mol. The Labute approximate surface area is 215 Å². The fourth-order valence-corrected chi connectivity index (χ4v) is 5.81. The first-order chi connectivity index (χ1) is 17.3. The maximum atomic E-state index is 12.8. The summed E-state index contributed by atoms with van der Waals surface area (Å²) in [5.74, 6) is 1.50. The summed E-state index contributed by atoms with van der Waals surface area (Å²) >= 11 is 0. The van der Waals surface area contributed by atoms with Crippen molar-refractivity contribution in [3.63, 3.8) is 0 Å². The minimum Gasteiger partial charge on any atom is -0.383 e. The van der Waals surface area contributed by atoms with Gasteiger partial charge >= 0.3 is 7.60 Å². The molecular weight excluding hydrogens is 473 g/mol. The van der Waals surface area contributed by atoms with Crippen molar-refractivity contribution in [2.45, 2.75) is 52.6 Å². The molecule has 0 unspecified atom stereocenters. The van der Waals surface area contributed by atoms with Crippen LogP contribution in [0.15, 0.2) is 36.8 Å². The summed E-state index contributed by atoms with van der Waals surface area (Å²) in [5, 5.41) is 0.810. The Morgan fingerprint density at radius 3 is 2.22 bits per heavy atom. The lowest BCUT2D eigenvalue weighted by molar-refractivity contribution is 0.219. The molecule has 2 aromatic heterocycles. The van der Waals surface area contributed by atoms with E-state index in [0.717, 1.165) is 33.6 Å². The molecule has 0 bridgehead atoms. The normalized spacial score (nSPS) is 15.8. The van der Waals surface area contributed by atoms with Gasteiger partial charge in [0.1, 0.15) is 17.8 Å². The van der Waals surface area contributed by atoms with Gasteiger partial charge in [-0.15, -0.1) is 0 Å². The molecule has 3 aromatic rings. The minimum absolute atomic E-state index is 0.221. The Balaban J connectivity index is 0.000000297. The van der Waals surface area contributed by atoms with E-state index >= 15 is 0 Å². The predicted molar refractivity (Wildman–Crippen MR) is 148 cm³/mol. The molecule has 1 saturated heterocycles. The van der Waals surface area contributed by atoms with Crippen LogP contribution in [0, 0.1) is 5.92 Å². The molecule has 0 amide bonds. The van der Waals surface area contributed by atoms with Crippen LogP contribution in [-0.2, 0) is 26.8 Å². The first-order valence-corrected chi connectivity index (χ1v) is 14.7. The highest BCUT2D eigenvalue weighted by Crippen LogP contribution is 2.51. The van der Waals surface area contributed by atoms with Gasteiger partial charge in [-0.2, -0.15) is 0 Å². The Kier molecular flexibility index (Phi) is 10.5. The SMILES string of the molecule is CC1CCC1.CCOP(=O)(Cc1cccc(-c2cn(C)c3ncnc(N)c23)c1)OCC.CN1CCC1. The van der Waals surface area contributed by atoms with Crippen molar-refractivity contribution in [1.82, 2.24) is 19.4 Å². The number of benzene rings is 1. The number of nitrogens with two attached hydrogens (primary N) is 1.